The summed E-state index contributed by atoms with van der Waals surface area (Å²) in [5.41, 5.74) is 1.58. The van der Waals surface area contributed by atoms with Gasteiger partial charge in [0.25, 0.3) is 11.1 Å². The van der Waals surface area contributed by atoms with Crippen LogP contribution in [0.4, 0.5) is 4.79 Å². The zero-order valence-electron chi connectivity index (χ0n) is 17.4. The van der Waals surface area contributed by atoms with Gasteiger partial charge in [0.2, 0.25) is 5.91 Å². The van der Waals surface area contributed by atoms with E-state index in [0.717, 1.165) is 27.8 Å². The number of amides is 3. The number of aromatic nitrogens is 2. The van der Waals surface area contributed by atoms with Crippen molar-refractivity contribution in [2.45, 2.75) is 12.8 Å². The van der Waals surface area contributed by atoms with Gasteiger partial charge in [-0.25, -0.2) is 4.98 Å². The van der Waals surface area contributed by atoms with Gasteiger partial charge < -0.3 is 9.73 Å². The van der Waals surface area contributed by atoms with Gasteiger partial charge in [-0.05, 0) is 53.7 Å². The fraction of sp³-hybridized carbons (Fsp3) is 0.174. The molecule has 1 aliphatic rings. The number of halogens is 1. The summed E-state index contributed by atoms with van der Waals surface area (Å²) in [6.07, 6.45) is 6.98. The predicted molar refractivity (Wildman–Crippen MR) is 125 cm³/mol. The fourth-order valence-electron chi connectivity index (χ4n) is 3.09. The first-order chi connectivity index (χ1) is 16.0. The van der Waals surface area contributed by atoms with Gasteiger partial charge in [0.1, 0.15) is 0 Å². The van der Waals surface area contributed by atoms with Crippen LogP contribution in [0.5, 0.6) is 0 Å². The third-order valence-corrected chi connectivity index (χ3v) is 5.92. The third-order valence-electron chi connectivity index (χ3n) is 4.76. The summed E-state index contributed by atoms with van der Waals surface area (Å²) < 4.78 is 5.69. The summed E-state index contributed by atoms with van der Waals surface area (Å²) in [6, 6.07) is 10.7. The molecule has 0 unspecified atom stereocenters. The number of nitrogens with one attached hydrogen (secondary N) is 1. The SMILES string of the molecule is O=C(CCc1ncc(-c2ccc(Cl)cc2)o1)NCCN1C(=O)S/C(=C\c2cccnc2)C1=O. The Balaban J connectivity index is 1.23. The van der Waals surface area contributed by atoms with E-state index in [1.54, 1.807) is 48.9 Å². The first-order valence-corrected chi connectivity index (χ1v) is 11.3. The normalized spacial score (nSPS) is 14.8. The van der Waals surface area contributed by atoms with Crippen LogP contribution < -0.4 is 5.32 Å². The van der Waals surface area contributed by atoms with Crippen LogP contribution in [-0.2, 0) is 16.0 Å². The Labute approximate surface area is 199 Å². The van der Waals surface area contributed by atoms with Crippen LogP contribution in [0.1, 0.15) is 17.9 Å². The molecular weight excluding hydrogens is 464 g/mol. The van der Waals surface area contributed by atoms with Crippen LogP contribution in [0.25, 0.3) is 17.4 Å². The van der Waals surface area contributed by atoms with Crippen molar-refractivity contribution in [3.8, 4) is 11.3 Å². The zero-order chi connectivity index (χ0) is 23.2. The number of imide groups is 1. The van der Waals surface area contributed by atoms with Crippen LogP contribution in [0.3, 0.4) is 0 Å². The Morgan fingerprint density at radius 1 is 1.18 bits per heavy atom. The minimum absolute atomic E-state index is 0.0977. The van der Waals surface area contributed by atoms with Gasteiger partial charge in [0.15, 0.2) is 11.7 Å². The summed E-state index contributed by atoms with van der Waals surface area (Å²) in [5.74, 6) is 0.444. The van der Waals surface area contributed by atoms with Crippen LogP contribution in [0.2, 0.25) is 5.02 Å². The van der Waals surface area contributed by atoms with Crippen molar-refractivity contribution in [1.82, 2.24) is 20.2 Å². The highest BCUT2D eigenvalue weighted by atomic mass is 35.5. The summed E-state index contributed by atoms with van der Waals surface area (Å²) >= 11 is 6.77. The Morgan fingerprint density at radius 2 is 2.00 bits per heavy atom. The minimum atomic E-state index is -0.377. The number of carbonyl (C=O) groups excluding carboxylic acids is 3. The highest BCUT2D eigenvalue weighted by molar-refractivity contribution is 8.18. The molecule has 1 N–H and O–H groups in total. The van der Waals surface area contributed by atoms with E-state index >= 15 is 0 Å². The molecule has 1 saturated heterocycles. The molecule has 0 saturated carbocycles. The molecule has 1 aromatic carbocycles. The number of hydrogen-bond acceptors (Lipinski definition) is 7. The largest absolute Gasteiger partial charge is 0.441 e. The van der Waals surface area contributed by atoms with E-state index in [9.17, 15) is 14.4 Å². The van der Waals surface area contributed by atoms with Gasteiger partial charge in [-0.15, -0.1) is 0 Å². The summed E-state index contributed by atoms with van der Waals surface area (Å²) in [7, 11) is 0. The fourth-order valence-corrected chi connectivity index (χ4v) is 4.09. The summed E-state index contributed by atoms with van der Waals surface area (Å²) in [6.45, 7) is 0.263. The van der Waals surface area contributed by atoms with Gasteiger partial charge in [0, 0.05) is 48.9 Å². The summed E-state index contributed by atoms with van der Waals surface area (Å²) in [4.78, 5) is 46.5. The molecule has 10 heteroatoms. The Hall–Kier alpha value is -3.43. The lowest BCUT2D eigenvalue weighted by Crippen LogP contribution is -2.37. The minimum Gasteiger partial charge on any atom is -0.441 e. The highest BCUT2D eigenvalue weighted by Gasteiger charge is 2.34. The standard InChI is InChI=1S/C23H19ClN4O4S/c24-17-5-3-16(4-6-17)18-14-27-21(32-18)8-7-20(29)26-10-11-28-22(30)19(33-23(28)31)12-15-2-1-9-25-13-15/h1-6,9,12-14H,7-8,10-11H2,(H,26,29)/b19-12-. The molecule has 0 bridgehead atoms. The molecule has 4 rings (SSSR count). The van der Waals surface area contributed by atoms with Crippen LogP contribution in [0, 0.1) is 0 Å². The van der Waals surface area contributed by atoms with Gasteiger partial charge in [-0.2, -0.15) is 0 Å². The molecular formula is C23H19ClN4O4S. The van der Waals surface area contributed by atoms with E-state index in [-0.39, 0.29) is 36.6 Å². The molecule has 0 aliphatic carbocycles. The second-order valence-electron chi connectivity index (χ2n) is 7.09. The van der Waals surface area contributed by atoms with Crippen molar-refractivity contribution in [3.05, 3.63) is 76.4 Å². The maximum Gasteiger partial charge on any atom is 0.293 e. The number of rotatable bonds is 8. The number of carbonyl (C=O) groups is 3. The molecule has 33 heavy (non-hydrogen) atoms. The Morgan fingerprint density at radius 3 is 2.76 bits per heavy atom. The maximum absolute atomic E-state index is 12.5. The molecule has 2 aromatic heterocycles. The molecule has 1 aliphatic heterocycles. The number of pyridine rings is 1. The predicted octanol–water partition coefficient (Wildman–Crippen LogP) is 4.18. The van der Waals surface area contributed by atoms with Gasteiger partial charge >= 0.3 is 0 Å². The second-order valence-corrected chi connectivity index (χ2v) is 8.52. The van der Waals surface area contributed by atoms with Crippen molar-refractivity contribution >= 4 is 46.5 Å². The van der Waals surface area contributed by atoms with Crippen LogP contribution in [-0.4, -0.2) is 45.0 Å². The maximum atomic E-state index is 12.5. The van der Waals surface area contributed by atoms with Crippen molar-refractivity contribution in [3.63, 3.8) is 0 Å². The monoisotopic (exact) mass is 482 g/mol. The molecule has 168 valence electrons. The Bertz CT molecular complexity index is 1190. The lowest BCUT2D eigenvalue weighted by Gasteiger charge is -2.12. The number of oxazole rings is 1. The van der Waals surface area contributed by atoms with Crippen LogP contribution in [0.15, 0.2) is 64.3 Å². The van der Waals surface area contributed by atoms with E-state index in [1.807, 2.05) is 12.1 Å². The van der Waals surface area contributed by atoms with Gasteiger partial charge in [0.05, 0.1) is 11.1 Å². The van der Waals surface area contributed by atoms with E-state index in [2.05, 4.69) is 15.3 Å². The number of aryl methyl sites for hydroxylation is 1. The zero-order valence-corrected chi connectivity index (χ0v) is 18.9. The van der Waals surface area contributed by atoms with Gasteiger partial charge in [-0.3, -0.25) is 24.3 Å². The molecule has 3 heterocycles. The highest BCUT2D eigenvalue weighted by Crippen LogP contribution is 2.31. The van der Waals surface area contributed by atoms with Crippen molar-refractivity contribution in [1.29, 1.82) is 0 Å². The molecule has 0 spiro atoms. The van der Waals surface area contributed by atoms with Crippen LogP contribution >= 0.6 is 23.4 Å². The average Bonchev–Trinajstić information content (AvgIpc) is 3.39. The molecule has 0 radical (unpaired) electrons. The Kier molecular flexibility index (Phi) is 7.21. The lowest BCUT2D eigenvalue weighted by molar-refractivity contribution is -0.124. The average molecular weight is 483 g/mol. The van der Waals surface area contributed by atoms with E-state index in [1.165, 1.54) is 0 Å². The van der Waals surface area contributed by atoms with E-state index in [4.69, 9.17) is 16.0 Å². The molecule has 0 atom stereocenters. The van der Waals surface area contributed by atoms with Gasteiger partial charge in [-0.1, -0.05) is 17.7 Å². The number of nitrogens with zero attached hydrogens (tertiary/aromatic N) is 3. The molecule has 3 aromatic rings. The second kappa shape index (κ2) is 10.5. The van der Waals surface area contributed by atoms with Crippen molar-refractivity contribution in [2.75, 3.05) is 13.1 Å². The van der Waals surface area contributed by atoms with Crippen molar-refractivity contribution < 1.29 is 18.8 Å². The first kappa shape index (κ1) is 22.8. The topological polar surface area (TPSA) is 105 Å². The quantitative estimate of drug-likeness (QED) is 0.480. The molecule has 3 amide bonds. The first-order valence-electron chi connectivity index (χ1n) is 10.1. The smallest absolute Gasteiger partial charge is 0.293 e. The number of benzene rings is 1. The number of hydrogen-bond donors (Lipinski definition) is 1. The third kappa shape index (κ3) is 5.88. The van der Waals surface area contributed by atoms with Crippen molar-refractivity contribution in [2.24, 2.45) is 0 Å². The molecule has 1 fully saturated rings. The van der Waals surface area contributed by atoms with E-state index in [0.29, 0.717) is 28.0 Å². The molecule has 8 nitrogen and oxygen atoms in total. The number of thioether (sulfide) groups is 1. The summed E-state index contributed by atoms with van der Waals surface area (Å²) in [5, 5.41) is 2.99. The lowest BCUT2D eigenvalue weighted by atomic mass is 10.2. The van der Waals surface area contributed by atoms with E-state index < -0.39 is 0 Å².